The van der Waals surface area contributed by atoms with Crippen molar-refractivity contribution in [1.82, 2.24) is 5.32 Å². The Bertz CT molecular complexity index is 805. The van der Waals surface area contributed by atoms with Crippen molar-refractivity contribution in [3.63, 3.8) is 0 Å². The van der Waals surface area contributed by atoms with Crippen LogP contribution in [0.3, 0.4) is 0 Å². The third-order valence-electron chi connectivity index (χ3n) is 3.97. The lowest BCUT2D eigenvalue weighted by Crippen LogP contribution is -2.44. The lowest BCUT2D eigenvalue weighted by atomic mass is 10.0. The van der Waals surface area contributed by atoms with Crippen molar-refractivity contribution in [2.45, 2.75) is 19.4 Å². The second kappa shape index (κ2) is 7.77. The van der Waals surface area contributed by atoms with Gasteiger partial charge in [0.05, 0.1) is 13.2 Å². The Morgan fingerprint density at radius 1 is 1.08 bits per heavy atom. The smallest absolute Gasteiger partial charge is 0.319 e. The quantitative estimate of drug-likeness (QED) is 0.787. The SMILES string of the molecule is COc1ccc2c(c1)C[C@@H](NC(=O)Nc1ccc(NC(C)=O)cc1)CO2. The molecule has 0 unspecified atom stereocenters. The zero-order valence-electron chi connectivity index (χ0n) is 14.7. The van der Waals surface area contributed by atoms with Crippen LogP contribution in [0.4, 0.5) is 16.2 Å². The fourth-order valence-corrected chi connectivity index (χ4v) is 2.78. The second-order valence-corrected chi connectivity index (χ2v) is 6.04. The maximum Gasteiger partial charge on any atom is 0.319 e. The zero-order valence-corrected chi connectivity index (χ0v) is 14.7. The van der Waals surface area contributed by atoms with E-state index < -0.39 is 0 Å². The third-order valence-corrected chi connectivity index (χ3v) is 3.97. The molecule has 1 aliphatic rings. The van der Waals surface area contributed by atoms with Crippen LogP contribution in [0.25, 0.3) is 0 Å². The predicted octanol–water partition coefficient (Wildman–Crippen LogP) is 2.78. The fourth-order valence-electron chi connectivity index (χ4n) is 2.78. The Balaban J connectivity index is 1.56. The van der Waals surface area contributed by atoms with Crippen LogP contribution >= 0.6 is 0 Å². The molecular formula is C19H21N3O4. The summed E-state index contributed by atoms with van der Waals surface area (Å²) in [6.45, 7) is 1.85. The molecule has 3 N–H and O–H groups in total. The van der Waals surface area contributed by atoms with Gasteiger partial charge >= 0.3 is 6.03 Å². The summed E-state index contributed by atoms with van der Waals surface area (Å²) in [6.07, 6.45) is 0.668. The van der Waals surface area contributed by atoms with Gasteiger partial charge < -0.3 is 25.4 Å². The zero-order chi connectivity index (χ0) is 18.5. The number of fused-ring (bicyclic) bond motifs is 1. The Kier molecular flexibility index (Phi) is 5.26. The number of hydrogen-bond acceptors (Lipinski definition) is 4. The van der Waals surface area contributed by atoms with Crippen LogP contribution < -0.4 is 25.4 Å². The number of carbonyl (C=O) groups is 2. The molecule has 3 rings (SSSR count). The van der Waals surface area contributed by atoms with Crippen LogP contribution in [0.5, 0.6) is 11.5 Å². The molecule has 2 aromatic carbocycles. The number of nitrogens with one attached hydrogen (secondary N) is 3. The molecule has 7 heteroatoms. The van der Waals surface area contributed by atoms with E-state index >= 15 is 0 Å². The minimum absolute atomic E-state index is 0.131. The highest BCUT2D eigenvalue weighted by Crippen LogP contribution is 2.28. The predicted molar refractivity (Wildman–Crippen MR) is 98.9 cm³/mol. The van der Waals surface area contributed by atoms with E-state index in [9.17, 15) is 9.59 Å². The molecule has 0 radical (unpaired) electrons. The van der Waals surface area contributed by atoms with Crippen LogP contribution in [0.1, 0.15) is 12.5 Å². The average Bonchev–Trinajstić information content (AvgIpc) is 2.62. The average molecular weight is 355 g/mol. The Labute approximate surface area is 151 Å². The molecule has 1 aliphatic heterocycles. The standard InChI is InChI=1S/C19H21N3O4/c1-12(23)20-14-3-5-15(6-4-14)21-19(24)22-16-9-13-10-17(25-2)7-8-18(13)26-11-16/h3-8,10,16H,9,11H2,1-2H3,(H,20,23)(H2,21,22,24)/t16-/m1/s1. The van der Waals surface area contributed by atoms with Crippen molar-refractivity contribution in [3.05, 3.63) is 48.0 Å². The third kappa shape index (κ3) is 4.44. The summed E-state index contributed by atoms with van der Waals surface area (Å²) in [5.41, 5.74) is 2.31. The van der Waals surface area contributed by atoms with E-state index in [0.717, 1.165) is 17.1 Å². The number of anilines is 2. The summed E-state index contributed by atoms with van der Waals surface area (Å²) in [5.74, 6) is 1.44. The number of methoxy groups -OCH3 is 1. The summed E-state index contributed by atoms with van der Waals surface area (Å²) in [6, 6.07) is 12.1. The van der Waals surface area contributed by atoms with Crippen LogP contribution in [-0.2, 0) is 11.2 Å². The first-order valence-electron chi connectivity index (χ1n) is 8.28. The van der Waals surface area contributed by atoms with Gasteiger partial charge in [-0.25, -0.2) is 4.79 Å². The molecule has 3 amide bonds. The van der Waals surface area contributed by atoms with Gasteiger partial charge in [0, 0.05) is 18.3 Å². The summed E-state index contributed by atoms with van der Waals surface area (Å²) >= 11 is 0. The second-order valence-electron chi connectivity index (χ2n) is 6.04. The first-order chi connectivity index (χ1) is 12.5. The number of benzene rings is 2. The molecule has 7 nitrogen and oxygen atoms in total. The molecule has 1 atom stereocenters. The van der Waals surface area contributed by atoms with Crippen LogP contribution in [0.15, 0.2) is 42.5 Å². The first kappa shape index (κ1) is 17.6. The van der Waals surface area contributed by atoms with E-state index in [1.807, 2.05) is 18.2 Å². The molecule has 0 bridgehead atoms. The van der Waals surface area contributed by atoms with Gasteiger partial charge in [-0.1, -0.05) is 0 Å². The number of ether oxygens (including phenoxy) is 2. The molecule has 0 fully saturated rings. The first-order valence-corrected chi connectivity index (χ1v) is 8.28. The van der Waals surface area contributed by atoms with Crippen molar-refractivity contribution in [2.75, 3.05) is 24.4 Å². The van der Waals surface area contributed by atoms with E-state index in [1.165, 1.54) is 6.92 Å². The summed E-state index contributed by atoms with van der Waals surface area (Å²) in [7, 11) is 1.62. The van der Waals surface area contributed by atoms with Gasteiger partial charge in [0.25, 0.3) is 0 Å². The molecule has 26 heavy (non-hydrogen) atoms. The van der Waals surface area contributed by atoms with Crippen LogP contribution in [0.2, 0.25) is 0 Å². The fraction of sp³-hybridized carbons (Fsp3) is 0.263. The van der Waals surface area contributed by atoms with Gasteiger partial charge in [0.2, 0.25) is 5.91 Å². The lowest BCUT2D eigenvalue weighted by Gasteiger charge is -2.26. The topological polar surface area (TPSA) is 88.7 Å². The van der Waals surface area contributed by atoms with Gasteiger partial charge in [0.15, 0.2) is 0 Å². The van der Waals surface area contributed by atoms with Crippen LogP contribution in [0, 0.1) is 0 Å². The van der Waals surface area contributed by atoms with Gasteiger partial charge in [-0.15, -0.1) is 0 Å². The number of amides is 3. The summed E-state index contributed by atoms with van der Waals surface area (Å²) in [5, 5.41) is 8.36. The molecule has 0 aliphatic carbocycles. The van der Waals surface area contributed by atoms with Crippen molar-refractivity contribution in [1.29, 1.82) is 0 Å². The molecule has 0 saturated carbocycles. The molecule has 0 saturated heterocycles. The molecule has 0 spiro atoms. The molecule has 2 aromatic rings. The van der Waals surface area contributed by atoms with E-state index in [-0.39, 0.29) is 18.0 Å². The number of urea groups is 1. The van der Waals surface area contributed by atoms with Crippen molar-refractivity contribution < 1.29 is 19.1 Å². The highest BCUT2D eigenvalue weighted by Gasteiger charge is 2.22. The van der Waals surface area contributed by atoms with Crippen molar-refractivity contribution >= 4 is 23.3 Å². The number of rotatable bonds is 4. The van der Waals surface area contributed by atoms with Gasteiger partial charge in [-0.2, -0.15) is 0 Å². The summed E-state index contributed by atoms with van der Waals surface area (Å²) in [4.78, 5) is 23.2. The van der Waals surface area contributed by atoms with E-state index in [1.54, 1.807) is 31.4 Å². The Morgan fingerprint density at radius 2 is 1.77 bits per heavy atom. The molecule has 1 heterocycles. The van der Waals surface area contributed by atoms with Gasteiger partial charge in [0.1, 0.15) is 18.1 Å². The maximum absolute atomic E-state index is 12.2. The highest BCUT2D eigenvalue weighted by molar-refractivity contribution is 5.91. The lowest BCUT2D eigenvalue weighted by molar-refractivity contribution is -0.114. The van der Waals surface area contributed by atoms with E-state index in [4.69, 9.17) is 9.47 Å². The van der Waals surface area contributed by atoms with Crippen LogP contribution in [-0.4, -0.2) is 31.7 Å². The van der Waals surface area contributed by atoms with E-state index in [2.05, 4.69) is 16.0 Å². The number of carbonyl (C=O) groups excluding carboxylic acids is 2. The Morgan fingerprint density at radius 3 is 2.42 bits per heavy atom. The van der Waals surface area contributed by atoms with Gasteiger partial charge in [-0.3, -0.25) is 4.79 Å². The minimum Gasteiger partial charge on any atom is -0.497 e. The highest BCUT2D eigenvalue weighted by atomic mass is 16.5. The minimum atomic E-state index is -0.308. The Hall–Kier alpha value is -3.22. The normalized spacial score (nSPS) is 15.2. The number of hydrogen-bond donors (Lipinski definition) is 3. The van der Waals surface area contributed by atoms with Gasteiger partial charge in [-0.05, 0) is 54.4 Å². The van der Waals surface area contributed by atoms with Crippen molar-refractivity contribution in [2.24, 2.45) is 0 Å². The monoisotopic (exact) mass is 355 g/mol. The summed E-state index contributed by atoms with van der Waals surface area (Å²) < 4.78 is 10.9. The molecule has 136 valence electrons. The largest absolute Gasteiger partial charge is 0.497 e. The van der Waals surface area contributed by atoms with Crippen molar-refractivity contribution in [3.8, 4) is 11.5 Å². The maximum atomic E-state index is 12.2. The molecular weight excluding hydrogens is 334 g/mol. The molecule has 0 aromatic heterocycles. The van der Waals surface area contributed by atoms with E-state index in [0.29, 0.717) is 24.4 Å².